The highest BCUT2D eigenvalue weighted by atomic mass is 16.2. The van der Waals surface area contributed by atoms with Crippen LogP contribution in [0.15, 0.2) is 66.9 Å². The van der Waals surface area contributed by atoms with E-state index in [4.69, 9.17) is 4.98 Å². The van der Waals surface area contributed by atoms with E-state index in [1.165, 1.54) is 5.56 Å². The summed E-state index contributed by atoms with van der Waals surface area (Å²) in [6, 6.07) is 19.6. The molecule has 142 valence electrons. The van der Waals surface area contributed by atoms with Gasteiger partial charge in [-0.05, 0) is 50.1 Å². The van der Waals surface area contributed by atoms with E-state index in [-0.39, 0.29) is 11.8 Å². The third kappa shape index (κ3) is 4.19. The number of rotatable bonds is 4. The predicted octanol–water partition coefficient (Wildman–Crippen LogP) is 4.55. The van der Waals surface area contributed by atoms with Gasteiger partial charge in [-0.15, -0.1) is 0 Å². The van der Waals surface area contributed by atoms with Crippen LogP contribution < -0.4 is 5.32 Å². The van der Waals surface area contributed by atoms with Crippen molar-refractivity contribution in [3.8, 4) is 0 Å². The Hall–Kier alpha value is -3.21. The first kappa shape index (κ1) is 18.2. The molecule has 1 aromatic heterocycles. The van der Waals surface area contributed by atoms with Crippen molar-refractivity contribution in [2.45, 2.75) is 25.7 Å². The molecular formula is C23H24N4O. The van der Waals surface area contributed by atoms with Crippen LogP contribution in [0.25, 0.3) is 0 Å². The lowest BCUT2D eigenvalue weighted by molar-refractivity contribution is 0.0706. The van der Waals surface area contributed by atoms with Gasteiger partial charge in [0.25, 0.3) is 5.91 Å². The zero-order valence-electron chi connectivity index (χ0n) is 16.0. The summed E-state index contributed by atoms with van der Waals surface area (Å²) < 4.78 is 0. The molecule has 1 amide bonds. The molecule has 0 radical (unpaired) electrons. The molecule has 1 unspecified atom stereocenters. The van der Waals surface area contributed by atoms with Crippen LogP contribution in [0.2, 0.25) is 0 Å². The highest BCUT2D eigenvalue weighted by Crippen LogP contribution is 2.27. The molecule has 1 aliphatic rings. The van der Waals surface area contributed by atoms with Crippen LogP contribution in [0.5, 0.6) is 0 Å². The molecule has 2 aromatic carbocycles. The third-order valence-electron chi connectivity index (χ3n) is 5.13. The van der Waals surface area contributed by atoms with Crippen LogP contribution in [0.4, 0.5) is 11.6 Å². The Balaban J connectivity index is 1.47. The van der Waals surface area contributed by atoms with Crippen molar-refractivity contribution in [2.75, 3.05) is 18.4 Å². The first-order valence-electron chi connectivity index (χ1n) is 9.70. The van der Waals surface area contributed by atoms with Crippen LogP contribution in [0, 0.1) is 6.92 Å². The Kier molecular flexibility index (Phi) is 5.33. The van der Waals surface area contributed by atoms with Gasteiger partial charge < -0.3 is 10.2 Å². The molecule has 1 N–H and O–H groups in total. The number of nitrogens with zero attached hydrogens (tertiary/aromatic N) is 3. The van der Waals surface area contributed by atoms with Crippen LogP contribution in [0.3, 0.4) is 0 Å². The minimum Gasteiger partial charge on any atom is -0.338 e. The second-order valence-electron chi connectivity index (χ2n) is 7.25. The van der Waals surface area contributed by atoms with Gasteiger partial charge in [-0.2, -0.15) is 0 Å². The van der Waals surface area contributed by atoms with E-state index in [9.17, 15) is 4.79 Å². The molecule has 3 aromatic rings. The van der Waals surface area contributed by atoms with Gasteiger partial charge in [0.05, 0.1) is 5.69 Å². The number of hydrogen-bond donors (Lipinski definition) is 1. The lowest BCUT2D eigenvalue weighted by Crippen LogP contribution is -2.39. The Labute approximate surface area is 165 Å². The normalized spacial score (nSPS) is 16.6. The molecule has 2 heterocycles. The minimum atomic E-state index is 0.0948. The summed E-state index contributed by atoms with van der Waals surface area (Å²) in [4.78, 5) is 23.8. The van der Waals surface area contributed by atoms with E-state index in [0.717, 1.165) is 36.3 Å². The number of likely N-dealkylation sites (tertiary alicyclic amines) is 1. The lowest BCUT2D eigenvalue weighted by atomic mass is 9.94. The van der Waals surface area contributed by atoms with Crippen molar-refractivity contribution in [1.82, 2.24) is 14.9 Å². The quantitative estimate of drug-likeness (QED) is 0.730. The minimum absolute atomic E-state index is 0.0948. The zero-order chi connectivity index (χ0) is 19.3. The van der Waals surface area contributed by atoms with Gasteiger partial charge >= 0.3 is 0 Å². The van der Waals surface area contributed by atoms with E-state index in [0.29, 0.717) is 12.5 Å². The number of hydrogen-bond acceptors (Lipinski definition) is 4. The van der Waals surface area contributed by atoms with E-state index < -0.39 is 0 Å². The van der Waals surface area contributed by atoms with Gasteiger partial charge in [-0.1, -0.05) is 35.9 Å². The molecule has 1 saturated heterocycles. The molecule has 0 saturated carbocycles. The number of piperidine rings is 1. The molecule has 1 aliphatic heterocycles. The molecule has 28 heavy (non-hydrogen) atoms. The Morgan fingerprint density at radius 2 is 1.86 bits per heavy atom. The third-order valence-corrected chi connectivity index (χ3v) is 5.13. The number of aryl methyl sites for hydroxylation is 1. The highest BCUT2D eigenvalue weighted by Gasteiger charge is 2.26. The van der Waals surface area contributed by atoms with Gasteiger partial charge in [0.1, 0.15) is 0 Å². The molecule has 0 aliphatic carbocycles. The van der Waals surface area contributed by atoms with Gasteiger partial charge in [0.15, 0.2) is 0 Å². The fourth-order valence-corrected chi connectivity index (χ4v) is 3.59. The summed E-state index contributed by atoms with van der Waals surface area (Å²) in [6.45, 7) is 3.55. The maximum absolute atomic E-state index is 12.8. The maximum atomic E-state index is 12.8. The Morgan fingerprint density at radius 3 is 2.64 bits per heavy atom. The monoisotopic (exact) mass is 372 g/mol. The number of nitrogens with one attached hydrogen (secondary N) is 1. The standard InChI is InChI=1S/C23H24N4O/c1-17-9-11-20(12-10-17)25-23-24-14-13-21(26-23)19-8-5-15-27(16-19)22(28)18-6-3-2-4-7-18/h2-4,6-7,9-14,19H,5,8,15-16H2,1H3,(H,24,25,26). The Bertz CT molecular complexity index is 940. The first-order valence-corrected chi connectivity index (χ1v) is 9.70. The second kappa shape index (κ2) is 8.21. The lowest BCUT2D eigenvalue weighted by Gasteiger charge is -2.32. The number of carbonyl (C=O) groups is 1. The number of anilines is 2. The van der Waals surface area contributed by atoms with Crippen molar-refractivity contribution in [3.05, 3.63) is 83.7 Å². The molecule has 0 spiro atoms. The fraction of sp³-hybridized carbons (Fsp3) is 0.261. The molecule has 5 heteroatoms. The van der Waals surface area contributed by atoms with Gasteiger partial charge in [0.2, 0.25) is 5.95 Å². The van der Waals surface area contributed by atoms with Crippen LogP contribution in [-0.4, -0.2) is 33.9 Å². The highest BCUT2D eigenvalue weighted by molar-refractivity contribution is 5.94. The van der Waals surface area contributed by atoms with E-state index in [1.54, 1.807) is 6.20 Å². The van der Waals surface area contributed by atoms with Crippen molar-refractivity contribution in [2.24, 2.45) is 0 Å². The van der Waals surface area contributed by atoms with Crippen molar-refractivity contribution in [3.63, 3.8) is 0 Å². The van der Waals surface area contributed by atoms with E-state index in [1.807, 2.05) is 53.4 Å². The van der Waals surface area contributed by atoms with Crippen molar-refractivity contribution in [1.29, 1.82) is 0 Å². The van der Waals surface area contributed by atoms with Gasteiger partial charge in [0, 0.05) is 36.5 Å². The summed E-state index contributed by atoms with van der Waals surface area (Å²) in [5.41, 5.74) is 3.90. The summed E-state index contributed by atoms with van der Waals surface area (Å²) in [5.74, 6) is 0.910. The molecule has 1 atom stereocenters. The summed E-state index contributed by atoms with van der Waals surface area (Å²) in [6.07, 6.45) is 3.80. The average molecular weight is 372 g/mol. The second-order valence-corrected chi connectivity index (χ2v) is 7.25. The summed E-state index contributed by atoms with van der Waals surface area (Å²) in [5, 5.41) is 3.27. The molecular weight excluding hydrogens is 348 g/mol. The van der Waals surface area contributed by atoms with Crippen LogP contribution in [-0.2, 0) is 0 Å². The maximum Gasteiger partial charge on any atom is 0.253 e. The number of carbonyl (C=O) groups excluding carboxylic acids is 1. The zero-order valence-corrected chi connectivity index (χ0v) is 16.0. The molecule has 4 rings (SSSR count). The van der Waals surface area contributed by atoms with Crippen molar-refractivity contribution < 1.29 is 4.79 Å². The molecule has 0 bridgehead atoms. The SMILES string of the molecule is Cc1ccc(Nc2nccc(C3CCCN(C(=O)c4ccccc4)C3)n2)cc1. The number of benzene rings is 2. The fourth-order valence-electron chi connectivity index (χ4n) is 3.59. The summed E-state index contributed by atoms with van der Waals surface area (Å²) in [7, 11) is 0. The molecule has 1 fully saturated rings. The largest absolute Gasteiger partial charge is 0.338 e. The smallest absolute Gasteiger partial charge is 0.253 e. The number of amides is 1. The van der Waals surface area contributed by atoms with Gasteiger partial charge in [-0.25, -0.2) is 9.97 Å². The number of aromatic nitrogens is 2. The van der Waals surface area contributed by atoms with Crippen molar-refractivity contribution >= 4 is 17.5 Å². The predicted molar refractivity (Wildman–Crippen MR) is 111 cm³/mol. The van der Waals surface area contributed by atoms with Crippen LogP contribution in [0.1, 0.15) is 40.4 Å². The summed E-state index contributed by atoms with van der Waals surface area (Å²) >= 11 is 0. The topological polar surface area (TPSA) is 58.1 Å². The Morgan fingerprint density at radius 1 is 1.07 bits per heavy atom. The first-order chi connectivity index (χ1) is 13.7. The van der Waals surface area contributed by atoms with E-state index >= 15 is 0 Å². The average Bonchev–Trinajstić information content (AvgIpc) is 2.76. The molecule has 5 nitrogen and oxygen atoms in total. The van der Waals surface area contributed by atoms with Gasteiger partial charge in [-0.3, -0.25) is 4.79 Å². The van der Waals surface area contributed by atoms with E-state index in [2.05, 4.69) is 29.4 Å². The van der Waals surface area contributed by atoms with Crippen LogP contribution >= 0.6 is 0 Å².